The first kappa shape index (κ1) is 15.5. The van der Waals surface area contributed by atoms with Crippen molar-refractivity contribution in [2.45, 2.75) is 0 Å². The highest BCUT2D eigenvalue weighted by atomic mass is 32.1. The maximum absolute atomic E-state index is 12.7. The van der Waals surface area contributed by atoms with Crippen molar-refractivity contribution in [1.82, 2.24) is 8.75 Å². The van der Waals surface area contributed by atoms with E-state index in [4.69, 9.17) is 0 Å². The number of carbonyl (C=O) groups is 4. The Bertz CT molecular complexity index is 1030. The topological polar surface area (TPSA) is 101 Å². The molecule has 0 N–H and O–H groups in total. The van der Waals surface area contributed by atoms with Gasteiger partial charge in [-0.2, -0.15) is 8.75 Å². The Balaban J connectivity index is 1.61. The Hall–Kier alpha value is -3.72. The van der Waals surface area contributed by atoms with Gasteiger partial charge in [-0.1, -0.05) is 24.3 Å². The lowest BCUT2D eigenvalue weighted by Crippen LogP contribution is -2.35. The molecule has 8 nitrogen and oxygen atoms in total. The second-order valence-corrected chi connectivity index (χ2v) is 6.42. The fourth-order valence-electron chi connectivity index (χ4n) is 3.22. The van der Waals surface area contributed by atoms with Crippen molar-refractivity contribution in [2.75, 3.05) is 9.80 Å². The molecule has 0 fully saturated rings. The van der Waals surface area contributed by atoms with E-state index in [1.807, 2.05) is 0 Å². The number of hydrogen-bond donors (Lipinski definition) is 0. The van der Waals surface area contributed by atoms with E-state index in [1.54, 1.807) is 24.3 Å². The van der Waals surface area contributed by atoms with Crippen LogP contribution in [0.25, 0.3) is 0 Å². The lowest BCUT2D eigenvalue weighted by atomic mass is 10.1. The molecule has 0 spiro atoms. The molecule has 0 radical (unpaired) electrons. The second-order valence-electron chi connectivity index (χ2n) is 5.89. The molecule has 3 heterocycles. The van der Waals surface area contributed by atoms with Crippen LogP contribution in [0.4, 0.5) is 11.6 Å². The predicted molar refractivity (Wildman–Crippen MR) is 95.1 cm³/mol. The number of hydrogen-bond acceptors (Lipinski definition) is 7. The molecule has 0 unspecified atom stereocenters. The predicted octanol–water partition coefficient (Wildman–Crippen LogP) is 2.14. The van der Waals surface area contributed by atoms with Crippen molar-refractivity contribution in [3.63, 3.8) is 0 Å². The van der Waals surface area contributed by atoms with Gasteiger partial charge < -0.3 is 0 Å². The third-order valence-electron chi connectivity index (χ3n) is 4.47. The van der Waals surface area contributed by atoms with E-state index in [2.05, 4.69) is 8.75 Å². The minimum Gasteiger partial charge on any atom is -0.268 e. The third-order valence-corrected chi connectivity index (χ3v) is 4.98. The quantitative estimate of drug-likeness (QED) is 0.635. The van der Waals surface area contributed by atoms with E-state index in [0.717, 1.165) is 9.80 Å². The van der Waals surface area contributed by atoms with Crippen LogP contribution in [0.1, 0.15) is 41.4 Å². The summed E-state index contributed by atoms with van der Waals surface area (Å²) in [4.78, 5) is 52.5. The lowest BCUT2D eigenvalue weighted by Gasteiger charge is -2.16. The highest BCUT2D eigenvalue weighted by Gasteiger charge is 2.44. The van der Waals surface area contributed by atoms with E-state index in [9.17, 15) is 19.2 Å². The molecule has 0 aliphatic carbocycles. The van der Waals surface area contributed by atoms with Crippen LogP contribution in [0.3, 0.4) is 0 Å². The normalized spacial score (nSPS) is 15.6. The van der Waals surface area contributed by atoms with Crippen molar-refractivity contribution >= 4 is 47.0 Å². The molecule has 2 aliphatic rings. The summed E-state index contributed by atoms with van der Waals surface area (Å²) < 4.78 is 8.05. The Morgan fingerprint density at radius 3 is 1.15 bits per heavy atom. The van der Waals surface area contributed by atoms with Crippen molar-refractivity contribution in [3.05, 3.63) is 70.8 Å². The summed E-state index contributed by atoms with van der Waals surface area (Å²) in [7, 11) is 0. The van der Waals surface area contributed by atoms with Crippen LogP contribution >= 0.6 is 11.7 Å². The molecule has 130 valence electrons. The maximum Gasteiger partial charge on any atom is 0.267 e. The Morgan fingerprint density at radius 1 is 0.556 bits per heavy atom. The van der Waals surface area contributed by atoms with E-state index in [-0.39, 0.29) is 33.9 Å². The fourth-order valence-corrected chi connectivity index (χ4v) is 3.75. The molecule has 27 heavy (non-hydrogen) atoms. The number of rotatable bonds is 2. The molecule has 9 heteroatoms. The zero-order valence-corrected chi connectivity index (χ0v) is 14.3. The average Bonchev–Trinajstić information content (AvgIpc) is 3.32. The number of anilines is 2. The second kappa shape index (κ2) is 5.39. The Kier molecular flexibility index (Phi) is 3.10. The largest absolute Gasteiger partial charge is 0.268 e. The van der Waals surface area contributed by atoms with Crippen molar-refractivity contribution in [1.29, 1.82) is 0 Å². The summed E-state index contributed by atoms with van der Waals surface area (Å²) in [6.07, 6.45) is 0. The first-order chi connectivity index (χ1) is 13.1. The first-order valence-corrected chi connectivity index (χ1v) is 8.61. The molecule has 1 aromatic heterocycles. The van der Waals surface area contributed by atoms with E-state index in [0.29, 0.717) is 11.7 Å². The molecule has 0 saturated heterocycles. The number of benzene rings is 2. The minimum atomic E-state index is -0.568. The molecule has 0 atom stereocenters. The summed E-state index contributed by atoms with van der Waals surface area (Å²) in [6, 6.07) is 12.8. The Labute approximate surface area is 156 Å². The highest BCUT2D eigenvalue weighted by Crippen LogP contribution is 2.37. The van der Waals surface area contributed by atoms with Gasteiger partial charge >= 0.3 is 0 Å². The van der Waals surface area contributed by atoms with Crippen molar-refractivity contribution in [2.24, 2.45) is 0 Å². The molecule has 0 bridgehead atoms. The SMILES string of the molecule is O=C1c2ccccc2C(=O)N1c1nsnc1N1C(=O)c2ccccc2C1=O. The zero-order chi connectivity index (χ0) is 18.7. The summed E-state index contributed by atoms with van der Waals surface area (Å²) in [5, 5.41) is 0. The fraction of sp³-hybridized carbons (Fsp3) is 0. The average molecular weight is 376 g/mol. The van der Waals surface area contributed by atoms with Gasteiger partial charge in [0.25, 0.3) is 23.6 Å². The lowest BCUT2D eigenvalue weighted by molar-refractivity contribution is 0.0902. The molecule has 3 aromatic rings. The van der Waals surface area contributed by atoms with Crippen LogP contribution in [0.2, 0.25) is 0 Å². The molecule has 0 saturated carbocycles. The Morgan fingerprint density at radius 2 is 0.852 bits per heavy atom. The summed E-state index contributed by atoms with van der Waals surface area (Å²) in [5.74, 6) is -2.52. The molecule has 4 amide bonds. The van der Waals surface area contributed by atoms with Crippen LogP contribution < -0.4 is 9.80 Å². The van der Waals surface area contributed by atoms with Gasteiger partial charge in [0.1, 0.15) is 0 Å². The van der Waals surface area contributed by atoms with E-state index >= 15 is 0 Å². The zero-order valence-electron chi connectivity index (χ0n) is 13.4. The highest BCUT2D eigenvalue weighted by molar-refractivity contribution is 6.99. The summed E-state index contributed by atoms with van der Waals surface area (Å²) in [6.45, 7) is 0. The molecule has 2 aromatic carbocycles. The maximum atomic E-state index is 12.7. The first-order valence-electron chi connectivity index (χ1n) is 7.88. The number of amides is 4. The van der Waals surface area contributed by atoms with E-state index < -0.39 is 23.6 Å². The number of nitrogens with zero attached hydrogens (tertiary/aromatic N) is 4. The van der Waals surface area contributed by atoms with Crippen LogP contribution in [0.15, 0.2) is 48.5 Å². The third kappa shape index (κ3) is 1.97. The van der Waals surface area contributed by atoms with Gasteiger partial charge in [0.2, 0.25) is 11.6 Å². The van der Waals surface area contributed by atoms with Crippen LogP contribution in [0.5, 0.6) is 0 Å². The van der Waals surface area contributed by atoms with Gasteiger partial charge in [0, 0.05) is 0 Å². The monoisotopic (exact) mass is 376 g/mol. The van der Waals surface area contributed by atoms with Gasteiger partial charge in [-0.05, 0) is 24.3 Å². The van der Waals surface area contributed by atoms with Gasteiger partial charge in [-0.15, -0.1) is 0 Å². The summed E-state index contributed by atoms with van der Waals surface area (Å²) in [5.41, 5.74) is 0.959. The van der Waals surface area contributed by atoms with Gasteiger partial charge in [0.05, 0.1) is 34.0 Å². The number of carbonyl (C=O) groups excluding carboxylic acids is 4. The van der Waals surface area contributed by atoms with Gasteiger partial charge in [-0.3, -0.25) is 19.2 Å². The minimum absolute atomic E-state index is 0.124. The van der Waals surface area contributed by atoms with Crippen LogP contribution in [0, 0.1) is 0 Å². The van der Waals surface area contributed by atoms with Crippen molar-refractivity contribution < 1.29 is 19.2 Å². The molecular formula is C18H8N4O4S. The van der Waals surface area contributed by atoms with Crippen molar-refractivity contribution in [3.8, 4) is 0 Å². The summed E-state index contributed by atoms with van der Waals surface area (Å²) >= 11 is 0.713. The number of imide groups is 2. The number of aromatic nitrogens is 2. The van der Waals surface area contributed by atoms with Crippen LogP contribution in [-0.2, 0) is 0 Å². The molecular weight excluding hydrogens is 368 g/mol. The number of fused-ring (bicyclic) bond motifs is 2. The van der Waals surface area contributed by atoms with Gasteiger partial charge in [-0.25, -0.2) is 9.80 Å². The van der Waals surface area contributed by atoms with Gasteiger partial charge in [0.15, 0.2) is 0 Å². The molecule has 2 aliphatic heterocycles. The smallest absolute Gasteiger partial charge is 0.267 e. The molecule has 5 rings (SSSR count). The standard InChI is InChI=1S/C18H8N4O4S/c23-15-9-5-1-2-6-10(9)16(24)21(15)13-14(20-27-19-13)22-17(25)11-7-3-4-8-12(11)18(22)26/h1-8H. The van der Waals surface area contributed by atoms with E-state index in [1.165, 1.54) is 24.3 Å². The van der Waals surface area contributed by atoms with Crippen LogP contribution in [-0.4, -0.2) is 32.4 Å².